The number of hydrogen-bond donors (Lipinski definition) is 2. The van der Waals surface area contributed by atoms with Crippen molar-refractivity contribution in [2.75, 3.05) is 12.4 Å². The van der Waals surface area contributed by atoms with Gasteiger partial charge in [-0.25, -0.2) is 13.1 Å². The number of nitrogens with zero attached hydrogens (tertiary/aromatic N) is 2. The highest BCUT2D eigenvalue weighted by atomic mass is 35.5. The monoisotopic (exact) mass is 404 g/mol. The fraction of sp³-hybridized carbons (Fsp3) is 0.111. The maximum atomic E-state index is 12.7. The molecule has 7 nitrogen and oxygen atoms in total. The summed E-state index contributed by atoms with van der Waals surface area (Å²) in [6, 6.07) is 13.1. The van der Waals surface area contributed by atoms with Crippen LogP contribution in [0.25, 0.3) is 0 Å². The summed E-state index contributed by atoms with van der Waals surface area (Å²) < 4.78 is 27.9. The number of hydrogen-bond acceptors (Lipinski definition) is 4. The van der Waals surface area contributed by atoms with Gasteiger partial charge < -0.3 is 5.32 Å². The number of sulfonamides is 1. The number of carbonyl (C=O) groups is 1. The highest BCUT2D eigenvalue weighted by molar-refractivity contribution is 7.89. The zero-order valence-electron chi connectivity index (χ0n) is 14.4. The van der Waals surface area contributed by atoms with Gasteiger partial charge in [0.05, 0.1) is 22.0 Å². The highest BCUT2D eigenvalue weighted by Gasteiger charge is 2.18. The Kier molecular flexibility index (Phi) is 5.59. The Hall–Kier alpha value is -2.68. The van der Waals surface area contributed by atoms with Crippen LogP contribution in [0.1, 0.15) is 15.9 Å². The first-order valence-electron chi connectivity index (χ1n) is 8.00. The van der Waals surface area contributed by atoms with E-state index in [1.54, 1.807) is 23.0 Å². The van der Waals surface area contributed by atoms with Crippen LogP contribution < -0.4 is 10.0 Å². The van der Waals surface area contributed by atoms with Gasteiger partial charge in [-0.1, -0.05) is 29.8 Å². The molecular weight excluding hydrogens is 388 g/mol. The molecule has 1 amide bonds. The van der Waals surface area contributed by atoms with E-state index in [0.29, 0.717) is 12.2 Å². The molecule has 1 aromatic heterocycles. The maximum absolute atomic E-state index is 12.7. The molecule has 0 atom stereocenters. The van der Waals surface area contributed by atoms with Gasteiger partial charge in [0.2, 0.25) is 10.0 Å². The van der Waals surface area contributed by atoms with E-state index in [0.717, 1.165) is 5.56 Å². The number of halogens is 1. The molecule has 0 spiro atoms. The lowest BCUT2D eigenvalue weighted by Gasteiger charge is -2.13. The molecule has 0 bridgehead atoms. The van der Waals surface area contributed by atoms with E-state index in [2.05, 4.69) is 15.1 Å². The van der Waals surface area contributed by atoms with Crippen molar-refractivity contribution >= 4 is 33.2 Å². The summed E-state index contributed by atoms with van der Waals surface area (Å²) in [7, 11) is -2.39. The summed E-state index contributed by atoms with van der Waals surface area (Å²) in [5, 5.41) is 7.12. The van der Waals surface area contributed by atoms with Gasteiger partial charge in [-0.2, -0.15) is 5.10 Å². The molecule has 27 heavy (non-hydrogen) atoms. The Morgan fingerprint density at radius 1 is 1.19 bits per heavy atom. The van der Waals surface area contributed by atoms with Crippen molar-refractivity contribution < 1.29 is 13.2 Å². The van der Waals surface area contributed by atoms with Crippen LogP contribution in [0, 0.1) is 0 Å². The van der Waals surface area contributed by atoms with Crippen molar-refractivity contribution in [3.8, 4) is 0 Å². The molecule has 0 aliphatic rings. The van der Waals surface area contributed by atoms with E-state index in [1.807, 2.05) is 24.4 Å². The normalized spacial score (nSPS) is 11.3. The van der Waals surface area contributed by atoms with Crippen molar-refractivity contribution in [3.63, 3.8) is 0 Å². The lowest BCUT2D eigenvalue weighted by Crippen LogP contribution is -2.20. The van der Waals surface area contributed by atoms with Crippen LogP contribution in [-0.2, 0) is 16.6 Å². The zero-order valence-corrected chi connectivity index (χ0v) is 16.0. The summed E-state index contributed by atoms with van der Waals surface area (Å²) >= 11 is 6.12. The van der Waals surface area contributed by atoms with Crippen LogP contribution in [-0.4, -0.2) is 31.2 Å². The molecule has 1 heterocycles. The molecule has 0 saturated carbocycles. The first kappa shape index (κ1) is 19.1. The smallest absolute Gasteiger partial charge is 0.257 e. The second kappa shape index (κ2) is 7.91. The Morgan fingerprint density at radius 3 is 2.67 bits per heavy atom. The average Bonchev–Trinajstić information content (AvgIpc) is 3.16. The molecule has 2 aromatic carbocycles. The van der Waals surface area contributed by atoms with Crippen LogP contribution in [0.3, 0.4) is 0 Å². The Morgan fingerprint density at radius 2 is 1.96 bits per heavy atom. The molecule has 2 N–H and O–H groups in total. The van der Waals surface area contributed by atoms with E-state index in [4.69, 9.17) is 11.6 Å². The van der Waals surface area contributed by atoms with Gasteiger partial charge >= 0.3 is 0 Å². The minimum atomic E-state index is -3.69. The SMILES string of the molecule is CNS(=O)(=O)c1ccc(Cl)c(C(=O)Nc2ccccc2Cn2cccn2)c1. The van der Waals surface area contributed by atoms with Crippen molar-refractivity contribution in [1.29, 1.82) is 0 Å². The lowest BCUT2D eigenvalue weighted by atomic mass is 10.1. The molecule has 140 valence electrons. The van der Waals surface area contributed by atoms with E-state index >= 15 is 0 Å². The van der Waals surface area contributed by atoms with Crippen LogP contribution in [0.15, 0.2) is 65.8 Å². The third-order valence-electron chi connectivity index (χ3n) is 3.92. The van der Waals surface area contributed by atoms with E-state index < -0.39 is 15.9 Å². The highest BCUT2D eigenvalue weighted by Crippen LogP contribution is 2.23. The topological polar surface area (TPSA) is 93.1 Å². The van der Waals surface area contributed by atoms with Crippen molar-refractivity contribution in [2.45, 2.75) is 11.4 Å². The van der Waals surface area contributed by atoms with Crippen molar-refractivity contribution in [1.82, 2.24) is 14.5 Å². The number of amides is 1. The van der Waals surface area contributed by atoms with Gasteiger partial charge in [-0.05, 0) is 42.9 Å². The van der Waals surface area contributed by atoms with Crippen molar-refractivity contribution in [3.05, 3.63) is 77.1 Å². The molecule has 0 radical (unpaired) electrons. The predicted molar refractivity (Wildman–Crippen MR) is 103 cm³/mol. The predicted octanol–water partition coefficient (Wildman–Crippen LogP) is 2.75. The first-order chi connectivity index (χ1) is 12.9. The van der Waals surface area contributed by atoms with Gasteiger partial charge in [0.15, 0.2) is 0 Å². The number of para-hydroxylation sites is 1. The van der Waals surface area contributed by atoms with Crippen LogP contribution >= 0.6 is 11.6 Å². The van der Waals surface area contributed by atoms with Gasteiger partial charge in [0, 0.05) is 18.1 Å². The average molecular weight is 405 g/mol. The number of benzene rings is 2. The third-order valence-corrected chi connectivity index (χ3v) is 5.66. The summed E-state index contributed by atoms with van der Waals surface area (Å²) in [6.07, 6.45) is 3.50. The Bertz CT molecular complexity index is 1070. The molecule has 3 aromatic rings. The second-order valence-corrected chi connectivity index (χ2v) is 7.96. The molecule has 0 unspecified atom stereocenters. The molecular formula is C18H17ClN4O3S. The number of nitrogens with one attached hydrogen (secondary N) is 2. The summed E-state index contributed by atoms with van der Waals surface area (Å²) in [6.45, 7) is 0.478. The van der Waals surface area contributed by atoms with Crippen LogP contribution in [0.4, 0.5) is 5.69 Å². The van der Waals surface area contributed by atoms with Crippen LogP contribution in [0.5, 0.6) is 0 Å². The minimum absolute atomic E-state index is 0.0376. The fourth-order valence-electron chi connectivity index (χ4n) is 2.50. The molecule has 0 aliphatic heterocycles. The lowest BCUT2D eigenvalue weighted by molar-refractivity contribution is 0.102. The number of aromatic nitrogens is 2. The largest absolute Gasteiger partial charge is 0.322 e. The second-order valence-electron chi connectivity index (χ2n) is 5.66. The Balaban J connectivity index is 1.89. The van der Waals surface area contributed by atoms with Gasteiger partial charge in [-0.15, -0.1) is 0 Å². The number of rotatable bonds is 6. The molecule has 0 saturated heterocycles. The maximum Gasteiger partial charge on any atom is 0.257 e. The van der Waals surface area contributed by atoms with E-state index in [9.17, 15) is 13.2 Å². The summed E-state index contributed by atoms with van der Waals surface area (Å²) in [4.78, 5) is 12.7. The molecule has 0 fully saturated rings. The van der Waals surface area contributed by atoms with Gasteiger partial charge in [0.25, 0.3) is 5.91 Å². The molecule has 0 aliphatic carbocycles. The minimum Gasteiger partial charge on any atom is -0.322 e. The molecule has 9 heteroatoms. The fourth-order valence-corrected chi connectivity index (χ4v) is 3.46. The van der Waals surface area contributed by atoms with Crippen molar-refractivity contribution in [2.24, 2.45) is 0 Å². The van der Waals surface area contributed by atoms with Crippen LogP contribution in [0.2, 0.25) is 5.02 Å². The zero-order chi connectivity index (χ0) is 19.4. The van der Waals surface area contributed by atoms with E-state index in [1.165, 1.54) is 25.2 Å². The Labute approximate surface area is 162 Å². The van der Waals surface area contributed by atoms with Gasteiger partial charge in [-0.3, -0.25) is 9.48 Å². The summed E-state index contributed by atoms with van der Waals surface area (Å²) in [5.41, 5.74) is 1.52. The molecule has 3 rings (SSSR count). The third kappa shape index (κ3) is 4.36. The number of anilines is 1. The summed E-state index contributed by atoms with van der Waals surface area (Å²) in [5.74, 6) is -0.499. The number of carbonyl (C=O) groups excluding carboxylic acids is 1. The quantitative estimate of drug-likeness (QED) is 0.660. The van der Waals surface area contributed by atoms with Gasteiger partial charge in [0.1, 0.15) is 0 Å². The van der Waals surface area contributed by atoms with E-state index in [-0.39, 0.29) is 15.5 Å². The first-order valence-corrected chi connectivity index (χ1v) is 9.86. The standard InChI is InChI=1S/C18H17ClN4O3S/c1-20-27(25,26)14-7-8-16(19)15(11-14)18(24)22-17-6-3-2-5-13(17)12-23-10-4-9-21-23/h2-11,20H,12H2,1H3,(H,22,24).